The van der Waals surface area contributed by atoms with Crippen molar-refractivity contribution in [2.24, 2.45) is 5.41 Å². The van der Waals surface area contributed by atoms with Crippen molar-refractivity contribution in [3.05, 3.63) is 12.7 Å². The minimum absolute atomic E-state index is 0.0192. The minimum Gasteiger partial charge on any atom is -0.390 e. The number of fused-ring (bicyclic) bond motifs is 1. The lowest BCUT2D eigenvalue weighted by Crippen LogP contribution is -2.47. The molecule has 2 amide bonds. The number of anilines is 1. The number of carbonyl (C=O) groups is 3. The molecule has 32 heteroatoms. The quantitative estimate of drug-likeness (QED) is 0.0391. The molecule has 11 atom stereocenters. The highest BCUT2D eigenvalue weighted by atomic mass is 32.2. The lowest BCUT2D eigenvalue weighted by molar-refractivity contribution is -0.261. The number of hydrogen-bond donors (Lipinski definition) is 11. The zero-order valence-corrected chi connectivity index (χ0v) is 40.3. The Bertz CT molecular complexity index is 2100. The lowest BCUT2D eigenvalue weighted by Gasteiger charge is -2.35. The van der Waals surface area contributed by atoms with E-state index in [1.807, 2.05) is 0 Å². The average Bonchev–Trinajstić information content (AvgIpc) is 3.80. The van der Waals surface area contributed by atoms with Crippen LogP contribution in [0.2, 0.25) is 0 Å². The molecular formula is C35H60N7O21P3S. The molecule has 0 aliphatic carbocycles. The Labute approximate surface area is 388 Å². The van der Waals surface area contributed by atoms with Crippen LogP contribution in [0.4, 0.5) is 5.82 Å². The largest absolute Gasteiger partial charge is 0.481 e. The molecule has 2 aromatic rings. The van der Waals surface area contributed by atoms with Crippen molar-refractivity contribution in [2.75, 3.05) is 44.4 Å². The number of phosphoric ester groups is 3. The molecule has 0 saturated carbocycles. The fraction of sp³-hybridized carbons (Fsp3) is 0.771. The number of nitrogens with zero attached hydrogens (tertiary/aromatic N) is 4. The topological polar surface area (TPSA) is 423 Å². The number of ether oxygens (including phenoxy) is 3. The van der Waals surface area contributed by atoms with Gasteiger partial charge in [-0.3, -0.25) is 32.5 Å². The number of aliphatic hydroxyl groups excluding tert-OH is 4. The van der Waals surface area contributed by atoms with E-state index in [0.717, 1.165) is 54.7 Å². The highest BCUT2D eigenvalue weighted by Gasteiger charge is 2.50. The molecular weight excluding hydrogens is 979 g/mol. The molecule has 12 N–H and O–H groups in total. The van der Waals surface area contributed by atoms with Crippen molar-refractivity contribution in [3.8, 4) is 0 Å². The van der Waals surface area contributed by atoms with Gasteiger partial charge in [0.25, 0.3) is 0 Å². The molecule has 2 saturated heterocycles. The van der Waals surface area contributed by atoms with E-state index in [4.69, 9.17) is 29.0 Å². The van der Waals surface area contributed by atoms with Gasteiger partial charge in [0.15, 0.2) is 29.1 Å². The van der Waals surface area contributed by atoms with Crippen LogP contribution in [0.5, 0.6) is 0 Å². The molecule has 0 aromatic carbocycles. The predicted octanol–water partition coefficient (Wildman–Crippen LogP) is -0.121. The third-order valence-corrected chi connectivity index (χ3v) is 14.3. The Morgan fingerprint density at radius 2 is 1.63 bits per heavy atom. The number of aliphatic hydroxyl groups is 4. The maximum absolute atomic E-state index is 12.7. The van der Waals surface area contributed by atoms with Gasteiger partial charge in [-0.25, -0.2) is 28.6 Å². The Kier molecular flexibility index (Phi) is 21.7. The predicted molar refractivity (Wildman–Crippen MR) is 232 cm³/mol. The molecule has 0 bridgehead atoms. The summed E-state index contributed by atoms with van der Waals surface area (Å²) in [6.45, 7) is 2.54. The first-order valence-electron chi connectivity index (χ1n) is 21.0. The van der Waals surface area contributed by atoms with Crippen LogP contribution in [0, 0.1) is 5.41 Å². The summed E-state index contributed by atoms with van der Waals surface area (Å²) in [5.41, 5.74) is 4.24. The van der Waals surface area contributed by atoms with Crippen LogP contribution in [0.3, 0.4) is 0 Å². The van der Waals surface area contributed by atoms with Crippen molar-refractivity contribution in [1.82, 2.24) is 30.2 Å². The minimum atomic E-state index is -5.59. The van der Waals surface area contributed by atoms with Crippen molar-refractivity contribution in [2.45, 2.75) is 127 Å². The van der Waals surface area contributed by atoms with Crippen LogP contribution in [-0.4, -0.2) is 164 Å². The SMILES string of the molecule is C[C@@H]1O[C@@H](OCCCCCCCC(=O)SCCNC(=O)CCNC(=O)[C@H](O)C(C)(C)COP(=O)(O)OP(=O)(O)OC[C@H]2O[C@@H](n3cnc4c(N)ncnc43)[C@H](O)[C@@H]2OP(=O)(O)O)[C@H](O)C[C@H]1O. The van der Waals surface area contributed by atoms with Gasteiger partial charge in [-0.05, 0) is 19.8 Å². The second kappa shape index (κ2) is 25.5. The zero-order valence-electron chi connectivity index (χ0n) is 36.8. The van der Waals surface area contributed by atoms with E-state index in [1.165, 1.54) is 13.8 Å². The third-order valence-electron chi connectivity index (χ3n) is 10.3. The fourth-order valence-corrected chi connectivity index (χ4v) is 10.1. The smallest absolute Gasteiger partial charge is 0.390 e. The molecule has 4 rings (SSSR count). The van der Waals surface area contributed by atoms with Gasteiger partial charge in [-0.1, -0.05) is 44.9 Å². The molecule has 0 spiro atoms. The van der Waals surface area contributed by atoms with E-state index in [9.17, 15) is 68.1 Å². The number of phosphoric acid groups is 3. The molecule has 2 aromatic heterocycles. The summed E-state index contributed by atoms with van der Waals surface area (Å²) in [6.07, 6.45) is -5.11. The molecule has 2 fully saturated rings. The normalized spacial score (nSPS) is 25.9. The van der Waals surface area contributed by atoms with Crippen molar-refractivity contribution < 1.29 is 100 Å². The van der Waals surface area contributed by atoms with Gasteiger partial charge >= 0.3 is 23.5 Å². The van der Waals surface area contributed by atoms with Gasteiger partial charge in [0.1, 0.15) is 42.4 Å². The summed E-state index contributed by atoms with van der Waals surface area (Å²) in [6, 6.07) is 0. The van der Waals surface area contributed by atoms with E-state index in [2.05, 4.69) is 34.4 Å². The van der Waals surface area contributed by atoms with Gasteiger partial charge in [0, 0.05) is 50.1 Å². The van der Waals surface area contributed by atoms with E-state index in [-0.39, 0.29) is 48.0 Å². The lowest BCUT2D eigenvalue weighted by atomic mass is 9.87. The first-order valence-corrected chi connectivity index (χ1v) is 26.5. The maximum atomic E-state index is 12.7. The van der Waals surface area contributed by atoms with Gasteiger partial charge in [-0.15, -0.1) is 0 Å². The summed E-state index contributed by atoms with van der Waals surface area (Å²) in [4.78, 5) is 88.3. The fourth-order valence-electron chi connectivity index (χ4n) is 6.56. The van der Waals surface area contributed by atoms with Gasteiger partial charge in [-0.2, -0.15) is 4.31 Å². The zero-order chi connectivity index (χ0) is 49.7. The molecule has 0 radical (unpaired) electrons. The summed E-state index contributed by atoms with van der Waals surface area (Å²) in [5.74, 6) is -1.16. The number of amides is 2. The van der Waals surface area contributed by atoms with Crippen LogP contribution in [-0.2, 0) is 60.2 Å². The third kappa shape index (κ3) is 18.3. The maximum Gasteiger partial charge on any atom is 0.481 e. The Balaban J connectivity index is 1.09. The summed E-state index contributed by atoms with van der Waals surface area (Å²) >= 11 is 1.08. The molecule has 28 nitrogen and oxygen atoms in total. The summed E-state index contributed by atoms with van der Waals surface area (Å²) < 4.78 is 73.4. The van der Waals surface area contributed by atoms with Crippen LogP contribution in [0.1, 0.15) is 78.4 Å². The Morgan fingerprint density at radius 1 is 0.940 bits per heavy atom. The van der Waals surface area contributed by atoms with Crippen LogP contribution >= 0.6 is 35.2 Å². The monoisotopic (exact) mass is 1040 g/mol. The van der Waals surface area contributed by atoms with E-state index in [1.54, 1.807) is 6.92 Å². The van der Waals surface area contributed by atoms with Crippen LogP contribution in [0.15, 0.2) is 12.7 Å². The van der Waals surface area contributed by atoms with Gasteiger partial charge in [0.05, 0.1) is 31.7 Å². The number of carbonyl (C=O) groups excluding carboxylic acids is 3. The number of unbranched alkanes of at least 4 members (excludes halogenated alkanes) is 4. The Hall–Kier alpha value is -2.60. The van der Waals surface area contributed by atoms with Crippen LogP contribution in [0.25, 0.3) is 11.2 Å². The number of nitrogen functional groups attached to an aromatic ring is 1. The molecule has 2 aliphatic rings. The van der Waals surface area contributed by atoms with Crippen molar-refractivity contribution in [1.29, 1.82) is 0 Å². The number of nitrogens with two attached hydrogens (primary N) is 1. The van der Waals surface area contributed by atoms with Crippen molar-refractivity contribution >= 4 is 69.1 Å². The first kappa shape index (κ1) is 57.0. The van der Waals surface area contributed by atoms with E-state index < -0.39 is 109 Å². The van der Waals surface area contributed by atoms with E-state index in [0.29, 0.717) is 25.2 Å². The number of thioether (sulfide) groups is 1. The molecule has 382 valence electrons. The van der Waals surface area contributed by atoms with Crippen LogP contribution < -0.4 is 16.4 Å². The Morgan fingerprint density at radius 3 is 2.34 bits per heavy atom. The highest BCUT2D eigenvalue weighted by Crippen LogP contribution is 2.61. The number of nitrogens with one attached hydrogen (secondary N) is 2. The van der Waals surface area contributed by atoms with E-state index >= 15 is 0 Å². The average molecular weight is 1040 g/mol. The first-order chi connectivity index (χ1) is 31.3. The number of aromatic nitrogens is 4. The summed E-state index contributed by atoms with van der Waals surface area (Å²) in [5, 5.41) is 46.2. The molecule has 2 unspecified atom stereocenters. The second-order valence-corrected chi connectivity index (χ2v) is 21.6. The molecule has 4 heterocycles. The molecule has 67 heavy (non-hydrogen) atoms. The standard InChI is InChI=1S/C35H60N7O21P3S/c1-20-21(43)15-22(44)34(60-20)57-13-8-6-4-5-7-9-25(46)67-14-12-37-24(45)10-11-38-32(49)29(48)35(2,3)17-59-66(55,56)63-65(53,54)58-16-23-28(62-64(50,51)52)27(47)33(61-23)42-19-41-26-30(36)39-18-40-31(26)42/h18-23,27-29,33-34,43-44,47-48H,4-17H2,1-3H3,(H,37,45)(H,38,49)(H,53,54)(H,55,56)(H2,36,39,40)(H2,50,51,52)/t20-,21+,22+,23+,27+,28+,29-,33+,34+/m0/s1. The summed E-state index contributed by atoms with van der Waals surface area (Å²) in [7, 11) is -16.4. The molecule has 2 aliphatic heterocycles. The van der Waals surface area contributed by atoms with Gasteiger partial charge < -0.3 is 70.6 Å². The number of imidazole rings is 1. The van der Waals surface area contributed by atoms with Crippen molar-refractivity contribution in [3.63, 3.8) is 0 Å². The van der Waals surface area contributed by atoms with Gasteiger partial charge in [0.2, 0.25) is 11.8 Å². The second-order valence-electron chi connectivity index (χ2n) is 16.3. The number of rotatable bonds is 28. The number of hydrogen-bond acceptors (Lipinski definition) is 22. The highest BCUT2D eigenvalue weighted by molar-refractivity contribution is 8.13.